The molecule has 0 fully saturated rings. The van der Waals surface area contributed by atoms with Crippen LogP contribution in [0.15, 0.2) is 84.4 Å². The first-order valence-electron chi connectivity index (χ1n) is 10.6. The monoisotopic (exact) mass is 516 g/mol. The average Bonchev–Trinajstić information content (AvgIpc) is 3.30. The number of fused-ring (bicyclic) bond motifs is 11. The molecule has 150 valence electrons. The zero-order valence-corrected chi connectivity index (χ0v) is 20.9. The van der Waals surface area contributed by atoms with E-state index >= 15 is 0 Å². The second-order valence-corrected chi connectivity index (χ2v) is 12.3. The van der Waals surface area contributed by atoms with Crippen molar-refractivity contribution in [1.29, 1.82) is 0 Å². The molecule has 0 amide bonds. The third-order valence-corrected chi connectivity index (χ3v) is 11.6. The Kier molecular flexibility index (Phi) is 5.50. The van der Waals surface area contributed by atoms with Gasteiger partial charge >= 0.3 is 183 Å². The first-order chi connectivity index (χ1) is 14.4. The van der Waals surface area contributed by atoms with Gasteiger partial charge in [0.2, 0.25) is 0 Å². The third kappa shape index (κ3) is 3.12. The van der Waals surface area contributed by atoms with E-state index in [9.17, 15) is 0 Å². The Balaban J connectivity index is 0.00000102. The van der Waals surface area contributed by atoms with Crippen molar-refractivity contribution in [2.45, 2.75) is 20.1 Å². The van der Waals surface area contributed by atoms with Gasteiger partial charge in [-0.15, -0.1) is 0 Å². The molecule has 7 rings (SSSR count). The number of hydrogen-bond acceptors (Lipinski definition) is 0. The van der Waals surface area contributed by atoms with Crippen LogP contribution in [0.25, 0.3) is 33.2 Å². The average molecular weight is 519 g/mol. The van der Waals surface area contributed by atoms with Crippen LogP contribution in [0, 0.1) is 0 Å². The Morgan fingerprint density at radius 2 is 1.35 bits per heavy atom. The fourth-order valence-corrected chi connectivity index (χ4v) is 10.5. The summed E-state index contributed by atoms with van der Waals surface area (Å²) in [6.07, 6.45) is 7.64. The normalized spacial score (nSPS) is 19.9. The summed E-state index contributed by atoms with van der Waals surface area (Å²) in [6, 6.07) is 27.4. The van der Waals surface area contributed by atoms with Crippen LogP contribution < -0.4 is 24.8 Å². The van der Waals surface area contributed by atoms with Crippen molar-refractivity contribution in [3.8, 4) is 0 Å². The molecule has 0 saturated carbocycles. The number of halogens is 2. The van der Waals surface area contributed by atoms with Crippen molar-refractivity contribution >= 4 is 33.2 Å². The molecule has 0 spiro atoms. The van der Waals surface area contributed by atoms with E-state index in [1.54, 1.807) is 27.8 Å². The fraction of sp³-hybridized carbons (Fsp3) is 0.143. The predicted octanol–water partition coefficient (Wildman–Crippen LogP) is 1.45. The van der Waals surface area contributed by atoms with Crippen LogP contribution in [-0.4, -0.2) is 0 Å². The summed E-state index contributed by atoms with van der Waals surface area (Å²) in [5.41, 5.74) is 9.68. The summed E-state index contributed by atoms with van der Waals surface area (Å²) in [7, 11) is 0. The molecule has 2 aliphatic carbocycles. The molecule has 3 aliphatic rings. The second-order valence-electron chi connectivity index (χ2n) is 8.53. The molecular weight excluding hydrogens is 498 g/mol. The first-order valence-corrected chi connectivity index (χ1v) is 13.4. The number of allylic oxidation sites excluding steroid dienone is 3. The molecule has 2 bridgehead atoms. The minimum atomic E-state index is -0.708. The molecule has 2 atom stereocenters. The maximum atomic E-state index is 2.67. The van der Waals surface area contributed by atoms with Crippen LogP contribution in [0.5, 0.6) is 0 Å². The van der Waals surface area contributed by atoms with Crippen LogP contribution in [-0.2, 0) is 23.2 Å². The van der Waals surface area contributed by atoms with Gasteiger partial charge in [0.15, 0.2) is 0 Å². The molecule has 3 heteroatoms. The summed E-state index contributed by atoms with van der Waals surface area (Å²) in [5, 5.41) is 5.67. The van der Waals surface area contributed by atoms with Gasteiger partial charge in [0.1, 0.15) is 0 Å². The molecule has 0 radical (unpaired) electrons. The number of benzene rings is 4. The Hall–Kier alpha value is -1.66. The van der Waals surface area contributed by atoms with Crippen molar-refractivity contribution in [3.05, 3.63) is 107 Å². The maximum absolute atomic E-state index is 2.67. The molecule has 0 saturated heterocycles. The van der Waals surface area contributed by atoms with Crippen molar-refractivity contribution in [3.63, 3.8) is 0 Å². The van der Waals surface area contributed by atoms with E-state index < -0.39 is 23.2 Å². The standard InChI is InChI=1S/C28H20.2ClH.Zr/c1-3-7-25-20(5-1)12-16-24-17-19(18-27(24)25)9-10-22-14-15-23-13-11-21-6-2-4-8-26(21)28(22)23;;;/h1-8,11-18H,9-10H2;2*1H;/q;;;+2/p-2. The predicted molar refractivity (Wildman–Crippen MR) is 119 cm³/mol. The Morgan fingerprint density at radius 3 is 2.16 bits per heavy atom. The van der Waals surface area contributed by atoms with E-state index in [1.807, 2.05) is 0 Å². The van der Waals surface area contributed by atoms with Gasteiger partial charge in [-0.25, -0.2) is 0 Å². The molecule has 31 heavy (non-hydrogen) atoms. The van der Waals surface area contributed by atoms with Crippen molar-refractivity contribution < 1.29 is 48.0 Å². The van der Waals surface area contributed by atoms with Gasteiger partial charge in [-0.3, -0.25) is 0 Å². The topological polar surface area (TPSA) is 0 Å². The van der Waals surface area contributed by atoms with Crippen LogP contribution in [0.1, 0.15) is 42.3 Å². The quantitative estimate of drug-likeness (QED) is 0.331. The maximum Gasteiger partial charge on any atom is -1.00 e. The SMILES string of the molecule is C1=C2CCC3=Cc4c(ccc5ccccc45)[CH]3[Zr+2][CH]1c1ccc3ccccc3c12.[Cl-].[Cl-]. The summed E-state index contributed by atoms with van der Waals surface area (Å²) < 4.78 is 1.44. The molecule has 4 aromatic rings. The van der Waals surface area contributed by atoms with Gasteiger partial charge in [0.25, 0.3) is 0 Å². The zero-order valence-electron chi connectivity index (χ0n) is 16.9. The molecule has 4 aromatic carbocycles. The minimum absolute atomic E-state index is 0. The molecule has 2 unspecified atom stereocenters. The minimum Gasteiger partial charge on any atom is -1.00 e. The molecular formula is C28H20Cl2Zr. The molecule has 0 aromatic heterocycles. The van der Waals surface area contributed by atoms with E-state index in [0.29, 0.717) is 3.63 Å². The molecule has 1 heterocycles. The van der Waals surface area contributed by atoms with E-state index in [-0.39, 0.29) is 24.8 Å². The van der Waals surface area contributed by atoms with E-state index in [4.69, 9.17) is 0 Å². The first kappa shape index (κ1) is 21.2. The van der Waals surface area contributed by atoms with Gasteiger partial charge in [-0.2, -0.15) is 0 Å². The smallest absolute Gasteiger partial charge is 1.00 e. The number of rotatable bonds is 0. The van der Waals surface area contributed by atoms with Crippen LogP contribution in [0.2, 0.25) is 0 Å². The van der Waals surface area contributed by atoms with Crippen molar-refractivity contribution in [2.75, 3.05) is 0 Å². The second kappa shape index (κ2) is 8.04. The van der Waals surface area contributed by atoms with Crippen LogP contribution >= 0.6 is 0 Å². The summed E-state index contributed by atoms with van der Waals surface area (Å²) in [4.78, 5) is 0. The summed E-state index contributed by atoms with van der Waals surface area (Å²) in [6.45, 7) is 0. The fourth-order valence-electron chi connectivity index (χ4n) is 5.69. The van der Waals surface area contributed by atoms with Gasteiger partial charge in [-0.1, -0.05) is 0 Å². The Labute approximate surface area is 206 Å². The summed E-state index contributed by atoms with van der Waals surface area (Å²) in [5.74, 6) is 0. The molecule has 0 N–H and O–H groups in total. The van der Waals surface area contributed by atoms with Gasteiger partial charge in [0, 0.05) is 0 Å². The third-order valence-electron chi connectivity index (χ3n) is 7.03. The van der Waals surface area contributed by atoms with Gasteiger partial charge < -0.3 is 24.8 Å². The molecule has 1 aliphatic heterocycles. The van der Waals surface area contributed by atoms with Crippen LogP contribution in [0.4, 0.5) is 0 Å². The summed E-state index contributed by atoms with van der Waals surface area (Å²) >= 11 is -0.708. The van der Waals surface area contributed by atoms with Gasteiger partial charge in [-0.05, 0) is 0 Å². The van der Waals surface area contributed by atoms with E-state index in [2.05, 4.69) is 84.9 Å². The van der Waals surface area contributed by atoms with Crippen molar-refractivity contribution in [2.24, 2.45) is 0 Å². The van der Waals surface area contributed by atoms with E-state index in [1.165, 1.54) is 39.9 Å². The Morgan fingerprint density at radius 1 is 0.677 bits per heavy atom. The van der Waals surface area contributed by atoms with Gasteiger partial charge in [0.05, 0.1) is 0 Å². The largest absolute Gasteiger partial charge is 1.00 e. The number of hydrogen-bond donors (Lipinski definition) is 0. The van der Waals surface area contributed by atoms with E-state index in [0.717, 1.165) is 3.63 Å². The zero-order chi connectivity index (χ0) is 18.9. The Bertz CT molecular complexity index is 1400. The molecule has 0 nitrogen and oxygen atoms in total. The van der Waals surface area contributed by atoms with Crippen molar-refractivity contribution in [1.82, 2.24) is 0 Å². The van der Waals surface area contributed by atoms with Crippen LogP contribution in [0.3, 0.4) is 0 Å².